The Kier molecular flexibility index (Phi) is 8.73. The summed E-state index contributed by atoms with van der Waals surface area (Å²) in [6.45, 7) is 3.70. The molecule has 0 fully saturated rings. The molecule has 0 heterocycles. The van der Waals surface area contributed by atoms with Crippen molar-refractivity contribution in [1.29, 1.82) is 0 Å². The van der Waals surface area contributed by atoms with E-state index in [9.17, 15) is 9.59 Å². The molecule has 2 aromatic rings. The molecule has 156 valence electrons. The van der Waals surface area contributed by atoms with Crippen LogP contribution in [0, 0.1) is 0 Å². The number of benzene rings is 2. The normalized spacial score (nSPS) is 11.4. The Labute approximate surface area is 174 Å². The number of hydrogen-bond donors (Lipinski definition) is 0. The van der Waals surface area contributed by atoms with Gasteiger partial charge in [-0.2, -0.15) is 0 Å². The van der Waals surface area contributed by atoms with Gasteiger partial charge < -0.3 is 23.7 Å². The van der Waals surface area contributed by atoms with Crippen LogP contribution >= 0.6 is 0 Å². The van der Waals surface area contributed by atoms with Crippen molar-refractivity contribution >= 4 is 12.4 Å². The Bertz CT molecular complexity index is 941. The topological polar surface area (TPSA) is 80.3 Å². The van der Waals surface area contributed by atoms with E-state index in [1.807, 2.05) is 12.1 Å². The lowest BCUT2D eigenvalue weighted by molar-refractivity contribution is -0.130. The van der Waals surface area contributed by atoms with E-state index in [4.69, 9.17) is 18.9 Å². The zero-order valence-corrected chi connectivity index (χ0v) is 16.9. The first kappa shape index (κ1) is 22.3. The highest BCUT2D eigenvalue weighted by Gasteiger charge is 2.14. The van der Waals surface area contributed by atoms with E-state index in [0.717, 1.165) is 11.8 Å². The van der Waals surface area contributed by atoms with Crippen molar-refractivity contribution in [2.45, 2.75) is 13.8 Å². The van der Waals surface area contributed by atoms with Crippen molar-refractivity contribution < 1.29 is 33.3 Å². The minimum absolute atomic E-state index is 0.272. The first-order valence-corrected chi connectivity index (χ1v) is 8.94. The smallest absolute Gasteiger partial charge is 0.338 e. The molecule has 0 unspecified atom stereocenters. The summed E-state index contributed by atoms with van der Waals surface area (Å²) in [5.41, 5.74) is 1.97. The fourth-order valence-electron chi connectivity index (χ4n) is 2.24. The summed E-state index contributed by atoms with van der Waals surface area (Å²) in [6, 6.07) is 12.3. The number of methoxy groups -OCH3 is 1. The Morgan fingerprint density at radius 1 is 0.900 bits per heavy atom. The molecule has 0 aliphatic heterocycles. The van der Waals surface area contributed by atoms with Crippen molar-refractivity contribution in [1.82, 2.24) is 0 Å². The molecule has 0 aliphatic carbocycles. The summed E-state index contributed by atoms with van der Waals surface area (Å²) < 4.78 is 25.6. The predicted octanol–water partition coefficient (Wildman–Crippen LogP) is 4.74. The summed E-state index contributed by atoms with van der Waals surface area (Å²) in [4.78, 5) is 22.5. The summed E-state index contributed by atoms with van der Waals surface area (Å²) in [7, 11) is 1.53. The van der Waals surface area contributed by atoms with Crippen molar-refractivity contribution in [3.63, 3.8) is 0 Å². The Morgan fingerprint density at radius 2 is 1.57 bits per heavy atom. The van der Waals surface area contributed by atoms with E-state index in [-0.39, 0.29) is 6.47 Å². The minimum Gasteiger partial charge on any atom is -0.501 e. The summed E-state index contributed by atoms with van der Waals surface area (Å²) in [6.07, 6.45) is 6.80. The SMILES string of the molecule is C/C=C(\C)C(=O)Oc1cc(O/C=C/OC=O)ccc1-c1ccc(O/C=C/OC)cc1. The Balaban J connectivity index is 2.32. The van der Waals surface area contributed by atoms with Crippen LogP contribution < -0.4 is 14.2 Å². The Hall–Kier alpha value is -4.00. The van der Waals surface area contributed by atoms with Gasteiger partial charge in [0.25, 0.3) is 6.47 Å². The Morgan fingerprint density at radius 3 is 2.23 bits per heavy atom. The van der Waals surface area contributed by atoms with Gasteiger partial charge >= 0.3 is 5.97 Å². The van der Waals surface area contributed by atoms with Gasteiger partial charge in [0.1, 0.15) is 42.3 Å². The van der Waals surface area contributed by atoms with Crippen LogP contribution in [0.2, 0.25) is 0 Å². The number of rotatable bonds is 10. The molecule has 2 rings (SSSR count). The molecule has 7 nitrogen and oxygen atoms in total. The van der Waals surface area contributed by atoms with Crippen LogP contribution in [-0.2, 0) is 19.1 Å². The standard InChI is InChI=1S/C23H22O7/c1-4-17(2)23(25)30-22-15-20(29-14-12-27-16-24)9-10-21(22)18-5-7-19(8-6-18)28-13-11-26-3/h4-16H,1-3H3/b13-11+,14-12+,17-4+. The number of esters is 1. The molecular weight excluding hydrogens is 388 g/mol. The minimum atomic E-state index is -0.472. The highest BCUT2D eigenvalue weighted by molar-refractivity contribution is 5.90. The molecule has 0 N–H and O–H groups in total. The number of ether oxygens (including phenoxy) is 5. The first-order valence-electron chi connectivity index (χ1n) is 8.94. The second-order valence-electron chi connectivity index (χ2n) is 5.79. The second-order valence-corrected chi connectivity index (χ2v) is 5.79. The second kappa shape index (κ2) is 11.8. The maximum atomic E-state index is 12.3. The molecule has 2 aromatic carbocycles. The van der Waals surface area contributed by atoms with Gasteiger partial charge in [-0.15, -0.1) is 0 Å². The molecule has 0 saturated carbocycles. The highest BCUT2D eigenvalue weighted by Crippen LogP contribution is 2.35. The fourth-order valence-corrected chi connectivity index (χ4v) is 2.24. The van der Waals surface area contributed by atoms with Gasteiger partial charge in [-0.05, 0) is 43.7 Å². The molecule has 0 amide bonds. The largest absolute Gasteiger partial charge is 0.501 e. The lowest BCUT2D eigenvalue weighted by atomic mass is 10.0. The highest BCUT2D eigenvalue weighted by atomic mass is 16.5. The number of allylic oxidation sites excluding steroid dienone is 1. The average molecular weight is 410 g/mol. The molecule has 0 bridgehead atoms. The van der Waals surface area contributed by atoms with Crippen LogP contribution in [0.25, 0.3) is 11.1 Å². The molecule has 7 heteroatoms. The first-order chi connectivity index (χ1) is 14.6. The van der Waals surface area contributed by atoms with Crippen LogP contribution in [0.3, 0.4) is 0 Å². The molecule has 0 saturated heterocycles. The maximum absolute atomic E-state index is 12.3. The lowest BCUT2D eigenvalue weighted by Gasteiger charge is -2.13. The quantitative estimate of drug-likeness (QED) is 0.184. The van der Waals surface area contributed by atoms with Crippen LogP contribution in [-0.4, -0.2) is 19.6 Å². The van der Waals surface area contributed by atoms with Gasteiger partial charge in [0.2, 0.25) is 0 Å². The van der Waals surface area contributed by atoms with E-state index < -0.39 is 5.97 Å². The summed E-state index contributed by atoms with van der Waals surface area (Å²) in [5, 5.41) is 0. The summed E-state index contributed by atoms with van der Waals surface area (Å²) in [5.74, 6) is 0.863. The number of hydrogen-bond acceptors (Lipinski definition) is 7. The molecule has 0 spiro atoms. The van der Waals surface area contributed by atoms with Crippen molar-refractivity contribution in [2.24, 2.45) is 0 Å². The zero-order chi connectivity index (χ0) is 21.8. The van der Waals surface area contributed by atoms with Gasteiger partial charge in [-0.3, -0.25) is 4.79 Å². The summed E-state index contributed by atoms with van der Waals surface area (Å²) >= 11 is 0. The van der Waals surface area contributed by atoms with Crippen LogP contribution in [0.1, 0.15) is 13.8 Å². The van der Waals surface area contributed by atoms with Crippen molar-refractivity contribution in [3.8, 4) is 28.4 Å². The molecule has 0 atom stereocenters. The van der Waals surface area contributed by atoms with Crippen LogP contribution in [0.15, 0.2) is 79.2 Å². The van der Waals surface area contributed by atoms with E-state index in [1.165, 1.54) is 25.9 Å². The molecular formula is C23H22O7. The third kappa shape index (κ3) is 6.56. The van der Waals surface area contributed by atoms with E-state index in [0.29, 0.717) is 28.4 Å². The third-order valence-electron chi connectivity index (χ3n) is 3.87. The van der Waals surface area contributed by atoms with E-state index in [1.54, 1.807) is 50.3 Å². The van der Waals surface area contributed by atoms with Gasteiger partial charge in [0.05, 0.1) is 7.11 Å². The van der Waals surface area contributed by atoms with Crippen LogP contribution in [0.4, 0.5) is 0 Å². The maximum Gasteiger partial charge on any atom is 0.338 e. The molecule has 0 radical (unpaired) electrons. The average Bonchev–Trinajstić information content (AvgIpc) is 2.77. The lowest BCUT2D eigenvalue weighted by Crippen LogP contribution is -2.09. The zero-order valence-electron chi connectivity index (χ0n) is 16.9. The van der Waals surface area contributed by atoms with Crippen LogP contribution in [0.5, 0.6) is 17.2 Å². The van der Waals surface area contributed by atoms with Gasteiger partial charge in [-0.1, -0.05) is 18.2 Å². The third-order valence-corrected chi connectivity index (χ3v) is 3.87. The predicted molar refractivity (Wildman–Crippen MR) is 111 cm³/mol. The molecule has 30 heavy (non-hydrogen) atoms. The fraction of sp³-hybridized carbons (Fsp3) is 0.130. The van der Waals surface area contributed by atoms with Crippen molar-refractivity contribution in [3.05, 3.63) is 79.2 Å². The number of carbonyl (C=O) groups excluding carboxylic acids is 2. The van der Waals surface area contributed by atoms with Gasteiger partial charge in [-0.25, -0.2) is 4.79 Å². The van der Waals surface area contributed by atoms with Gasteiger partial charge in [0, 0.05) is 17.2 Å². The van der Waals surface area contributed by atoms with E-state index in [2.05, 4.69) is 4.74 Å². The molecule has 0 aromatic heterocycles. The molecule has 0 aliphatic rings. The monoisotopic (exact) mass is 410 g/mol. The number of carbonyl (C=O) groups is 2. The van der Waals surface area contributed by atoms with E-state index >= 15 is 0 Å². The van der Waals surface area contributed by atoms with Crippen molar-refractivity contribution in [2.75, 3.05) is 7.11 Å². The van der Waals surface area contributed by atoms with Gasteiger partial charge in [0.15, 0.2) is 0 Å².